The smallest absolute Gasteiger partial charge is 0.251 e. The third-order valence-corrected chi connectivity index (χ3v) is 5.18. The van der Waals surface area contributed by atoms with Gasteiger partial charge in [-0.25, -0.2) is 4.98 Å². The summed E-state index contributed by atoms with van der Waals surface area (Å²) >= 11 is 0. The highest BCUT2D eigenvalue weighted by atomic mass is 16.4. The second-order valence-corrected chi connectivity index (χ2v) is 7.38. The highest BCUT2D eigenvalue weighted by molar-refractivity contribution is 5.95. The quantitative estimate of drug-likeness (QED) is 0.460. The summed E-state index contributed by atoms with van der Waals surface area (Å²) in [5, 5.41) is 2.98. The molecule has 31 heavy (non-hydrogen) atoms. The molecule has 0 aliphatic heterocycles. The number of hydrogen-bond acceptors (Lipinski definition) is 4. The molecule has 3 N–H and O–H groups in total. The van der Waals surface area contributed by atoms with Gasteiger partial charge < -0.3 is 15.5 Å². The molecule has 0 spiro atoms. The lowest BCUT2D eigenvalue weighted by Crippen LogP contribution is -2.25. The highest BCUT2D eigenvalue weighted by Crippen LogP contribution is 2.23. The number of nitrogens with zero attached hydrogens (tertiary/aromatic N) is 1. The van der Waals surface area contributed by atoms with Crippen LogP contribution in [0.2, 0.25) is 0 Å². The lowest BCUT2D eigenvalue weighted by Gasteiger charge is -2.08. The summed E-state index contributed by atoms with van der Waals surface area (Å²) in [5.41, 5.74) is 11.3. The van der Waals surface area contributed by atoms with Crippen LogP contribution in [0.1, 0.15) is 27.4 Å². The zero-order chi connectivity index (χ0) is 21.6. The number of aryl methyl sites for hydroxylation is 1. The van der Waals surface area contributed by atoms with Gasteiger partial charge in [0, 0.05) is 30.6 Å². The molecule has 4 rings (SSSR count). The van der Waals surface area contributed by atoms with E-state index in [1.165, 1.54) is 0 Å². The number of oxazole rings is 1. The van der Waals surface area contributed by atoms with Gasteiger partial charge in [0.25, 0.3) is 5.91 Å². The number of aromatic nitrogens is 1. The van der Waals surface area contributed by atoms with Crippen molar-refractivity contribution in [2.45, 2.75) is 19.9 Å². The van der Waals surface area contributed by atoms with Crippen molar-refractivity contribution in [3.8, 4) is 22.6 Å². The lowest BCUT2D eigenvalue weighted by molar-refractivity contribution is 0.0954. The van der Waals surface area contributed by atoms with Crippen LogP contribution in [0.15, 0.2) is 83.3 Å². The average Bonchev–Trinajstić information content (AvgIpc) is 3.20. The Morgan fingerprint density at radius 3 is 2.42 bits per heavy atom. The second-order valence-electron chi connectivity index (χ2n) is 7.38. The van der Waals surface area contributed by atoms with Crippen LogP contribution in [-0.2, 0) is 13.0 Å². The van der Waals surface area contributed by atoms with Gasteiger partial charge in [0.2, 0.25) is 5.89 Å². The van der Waals surface area contributed by atoms with Crippen LogP contribution in [0.25, 0.3) is 22.6 Å². The van der Waals surface area contributed by atoms with E-state index in [-0.39, 0.29) is 5.91 Å². The molecular weight excluding hydrogens is 386 g/mol. The highest BCUT2D eigenvalue weighted by Gasteiger charge is 2.12. The van der Waals surface area contributed by atoms with Crippen molar-refractivity contribution < 1.29 is 9.21 Å². The Balaban J connectivity index is 1.40. The zero-order valence-corrected chi connectivity index (χ0v) is 17.5. The molecule has 4 aromatic rings. The van der Waals surface area contributed by atoms with Crippen molar-refractivity contribution in [2.75, 3.05) is 6.54 Å². The summed E-state index contributed by atoms with van der Waals surface area (Å²) in [6, 6.07) is 25.5. The van der Waals surface area contributed by atoms with Gasteiger partial charge in [-0.2, -0.15) is 0 Å². The third-order valence-electron chi connectivity index (χ3n) is 5.18. The molecule has 3 aromatic carbocycles. The van der Waals surface area contributed by atoms with E-state index in [4.69, 9.17) is 10.2 Å². The van der Waals surface area contributed by atoms with Gasteiger partial charge >= 0.3 is 0 Å². The van der Waals surface area contributed by atoms with Gasteiger partial charge in [0.05, 0.1) is 5.69 Å². The molecule has 0 aliphatic rings. The minimum Gasteiger partial charge on any atom is -0.441 e. The van der Waals surface area contributed by atoms with Crippen LogP contribution in [0, 0.1) is 6.92 Å². The second kappa shape index (κ2) is 9.41. The number of rotatable bonds is 7. The van der Waals surface area contributed by atoms with E-state index in [0.717, 1.165) is 33.7 Å². The van der Waals surface area contributed by atoms with Gasteiger partial charge in [-0.05, 0) is 53.9 Å². The molecular formula is C26H25N3O2. The number of amides is 1. The number of hydrogen-bond donors (Lipinski definition) is 2. The summed E-state index contributed by atoms with van der Waals surface area (Å²) in [7, 11) is 0. The maximum Gasteiger partial charge on any atom is 0.251 e. The summed E-state index contributed by atoms with van der Waals surface area (Å²) in [5.74, 6) is 1.27. The first-order chi connectivity index (χ1) is 15.1. The number of nitrogens with one attached hydrogen (secondary N) is 1. The monoisotopic (exact) mass is 411 g/mol. The normalized spacial score (nSPS) is 10.8. The molecule has 0 aliphatic carbocycles. The Bertz CT molecular complexity index is 1180. The first-order valence-electron chi connectivity index (χ1n) is 10.3. The fourth-order valence-electron chi connectivity index (χ4n) is 3.48. The van der Waals surface area contributed by atoms with E-state index in [9.17, 15) is 4.79 Å². The van der Waals surface area contributed by atoms with E-state index < -0.39 is 0 Å². The first-order valence-corrected chi connectivity index (χ1v) is 10.3. The van der Waals surface area contributed by atoms with E-state index >= 15 is 0 Å². The van der Waals surface area contributed by atoms with Crippen molar-refractivity contribution in [3.63, 3.8) is 0 Å². The van der Waals surface area contributed by atoms with Crippen molar-refractivity contribution in [3.05, 3.63) is 101 Å². The zero-order valence-electron chi connectivity index (χ0n) is 17.5. The van der Waals surface area contributed by atoms with Gasteiger partial charge in [-0.3, -0.25) is 4.79 Å². The third kappa shape index (κ3) is 4.90. The Kier molecular flexibility index (Phi) is 6.24. The number of carbonyl (C=O) groups excluding carboxylic acids is 1. The molecule has 0 atom stereocenters. The molecule has 0 radical (unpaired) electrons. The van der Waals surface area contributed by atoms with E-state index in [1.807, 2.05) is 79.7 Å². The molecule has 1 amide bonds. The fourth-order valence-corrected chi connectivity index (χ4v) is 3.48. The van der Waals surface area contributed by atoms with E-state index in [1.54, 1.807) is 0 Å². The van der Waals surface area contributed by atoms with Crippen molar-refractivity contribution in [1.29, 1.82) is 0 Å². The van der Waals surface area contributed by atoms with Crippen LogP contribution in [-0.4, -0.2) is 17.4 Å². The molecule has 5 heteroatoms. The number of nitrogens with two attached hydrogens (primary N) is 1. The predicted molar refractivity (Wildman–Crippen MR) is 122 cm³/mol. The average molecular weight is 412 g/mol. The minimum atomic E-state index is -0.110. The standard InChI is InChI=1S/C26H25N3O2/c1-18-24(29-26(31-18)20-8-3-2-4-9-20)13-14-28-25(30)23-12-6-11-22(16-23)21-10-5-7-19(15-21)17-27/h2-12,15-16H,13-14,17,27H2,1H3,(H,28,30). The molecule has 5 nitrogen and oxygen atoms in total. The van der Waals surface area contributed by atoms with Crippen molar-refractivity contribution in [1.82, 2.24) is 10.3 Å². The Labute approximate surface area is 181 Å². The van der Waals surface area contributed by atoms with E-state index in [2.05, 4.69) is 16.4 Å². The molecule has 0 saturated carbocycles. The Morgan fingerprint density at radius 2 is 1.65 bits per heavy atom. The van der Waals surface area contributed by atoms with Crippen LogP contribution in [0.5, 0.6) is 0 Å². The van der Waals surface area contributed by atoms with E-state index in [0.29, 0.717) is 31.0 Å². The summed E-state index contributed by atoms with van der Waals surface area (Å²) in [4.78, 5) is 17.3. The van der Waals surface area contributed by atoms with Gasteiger partial charge in [0.15, 0.2) is 0 Å². The molecule has 0 fully saturated rings. The summed E-state index contributed by atoms with van der Waals surface area (Å²) in [6.07, 6.45) is 0.603. The van der Waals surface area contributed by atoms with Crippen LogP contribution >= 0.6 is 0 Å². The van der Waals surface area contributed by atoms with Crippen molar-refractivity contribution in [2.24, 2.45) is 5.73 Å². The van der Waals surface area contributed by atoms with Gasteiger partial charge in [-0.1, -0.05) is 48.5 Å². The lowest BCUT2D eigenvalue weighted by atomic mass is 10.0. The molecule has 0 unspecified atom stereocenters. The van der Waals surface area contributed by atoms with Crippen molar-refractivity contribution >= 4 is 5.91 Å². The van der Waals surface area contributed by atoms with Crippen LogP contribution < -0.4 is 11.1 Å². The van der Waals surface area contributed by atoms with Crippen LogP contribution in [0.3, 0.4) is 0 Å². The van der Waals surface area contributed by atoms with Gasteiger partial charge in [-0.15, -0.1) is 0 Å². The predicted octanol–water partition coefficient (Wildman–Crippen LogP) is 4.75. The maximum absolute atomic E-state index is 12.7. The Hall–Kier alpha value is -3.70. The molecule has 1 heterocycles. The van der Waals surface area contributed by atoms with Crippen LogP contribution in [0.4, 0.5) is 0 Å². The SMILES string of the molecule is Cc1oc(-c2ccccc2)nc1CCNC(=O)c1cccc(-c2cccc(CN)c2)c1. The largest absolute Gasteiger partial charge is 0.441 e. The summed E-state index contributed by atoms with van der Waals surface area (Å²) in [6.45, 7) is 2.87. The molecule has 1 aromatic heterocycles. The number of carbonyl (C=O) groups is 1. The maximum atomic E-state index is 12.7. The number of benzene rings is 3. The Morgan fingerprint density at radius 1 is 0.935 bits per heavy atom. The molecule has 156 valence electrons. The molecule has 0 saturated heterocycles. The first kappa shape index (κ1) is 20.6. The molecule has 0 bridgehead atoms. The van der Waals surface area contributed by atoms with Gasteiger partial charge in [0.1, 0.15) is 5.76 Å². The fraction of sp³-hybridized carbons (Fsp3) is 0.154. The summed E-state index contributed by atoms with van der Waals surface area (Å²) < 4.78 is 5.79. The minimum absolute atomic E-state index is 0.110. The topological polar surface area (TPSA) is 81.2 Å².